The van der Waals surface area contributed by atoms with Gasteiger partial charge in [0.1, 0.15) is 17.9 Å². The molecule has 0 heterocycles. The van der Waals surface area contributed by atoms with Gasteiger partial charge < -0.3 is 36.6 Å². The molecule has 0 saturated heterocycles. The maximum Gasteiger partial charge on any atom is 0.472 e. The van der Waals surface area contributed by atoms with E-state index in [1.54, 1.807) is 12.1 Å². The molecule has 14 nitrogen and oxygen atoms in total. The van der Waals surface area contributed by atoms with E-state index in [2.05, 4.69) is 15.2 Å². The molecule has 1 rings (SSSR count). The minimum atomic E-state index is -4.70. The molecule has 0 fully saturated rings. The van der Waals surface area contributed by atoms with Crippen molar-refractivity contribution in [2.24, 2.45) is 11.1 Å². The van der Waals surface area contributed by atoms with Crippen molar-refractivity contribution < 1.29 is 53.0 Å². The Hall–Kier alpha value is -2.52. The molecule has 208 valence electrons. The standard InChI is InChI=1S/C21H32N3O11PS/c1-21(2,12-35-36(32,33)34-11-14(22)19(29)30)17(27)18(28)24-8-7-16(26)23-9-10-37-20(31)13-5-3-4-6-15(13)25/h3-6,14,17,25,27H,7-12,22H2,1-2H3,(H,23,26)(H,24,28)(H,29,30)(H,32,33)/t14-,17-/m0/s1. The lowest BCUT2D eigenvalue weighted by Crippen LogP contribution is -2.46. The zero-order valence-corrected chi connectivity index (χ0v) is 22.0. The number of thioether (sulfide) groups is 1. The minimum absolute atomic E-state index is 0.114. The Labute approximate surface area is 217 Å². The van der Waals surface area contributed by atoms with Gasteiger partial charge in [0, 0.05) is 30.7 Å². The number of nitrogens with one attached hydrogen (secondary N) is 2. The van der Waals surface area contributed by atoms with E-state index in [0.717, 1.165) is 11.8 Å². The normalized spacial score (nSPS) is 14.7. The number of carbonyl (C=O) groups is 4. The lowest BCUT2D eigenvalue weighted by atomic mass is 9.87. The Morgan fingerprint density at radius 1 is 1.14 bits per heavy atom. The number of carboxylic acid groups (broad SMARTS) is 1. The van der Waals surface area contributed by atoms with E-state index < -0.39 is 56.4 Å². The summed E-state index contributed by atoms with van der Waals surface area (Å²) < 4.78 is 21.1. The fourth-order valence-corrected chi connectivity index (χ4v) is 4.14. The number of carboxylic acids is 1. The first-order chi connectivity index (χ1) is 17.2. The van der Waals surface area contributed by atoms with Gasteiger partial charge in [0.05, 0.1) is 18.8 Å². The summed E-state index contributed by atoms with van der Waals surface area (Å²) in [4.78, 5) is 56.5. The number of carbonyl (C=O) groups excluding carboxylic acids is 3. The molecule has 0 radical (unpaired) electrons. The van der Waals surface area contributed by atoms with Crippen molar-refractivity contribution in [3.05, 3.63) is 29.8 Å². The van der Waals surface area contributed by atoms with Crippen LogP contribution in [0, 0.1) is 5.41 Å². The molecule has 3 atom stereocenters. The maximum atomic E-state index is 12.2. The van der Waals surface area contributed by atoms with Crippen LogP contribution in [-0.2, 0) is 28.0 Å². The first-order valence-corrected chi connectivity index (χ1v) is 13.4. The molecule has 0 bridgehead atoms. The predicted octanol–water partition coefficient (Wildman–Crippen LogP) is -0.179. The number of phenolic OH excluding ortho intramolecular Hbond substituents is 1. The van der Waals surface area contributed by atoms with E-state index >= 15 is 0 Å². The van der Waals surface area contributed by atoms with Crippen LogP contribution >= 0.6 is 19.6 Å². The van der Waals surface area contributed by atoms with Gasteiger partial charge in [-0.05, 0) is 12.1 Å². The van der Waals surface area contributed by atoms with Crippen LogP contribution in [0.2, 0.25) is 0 Å². The quantitative estimate of drug-likeness (QED) is 0.102. The first-order valence-electron chi connectivity index (χ1n) is 10.9. The van der Waals surface area contributed by atoms with E-state index in [1.165, 1.54) is 26.0 Å². The lowest BCUT2D eigenvalue weighted by Gasteiger charge is -2.29. The van der Waals surface area contributed by atoms with Crippen molar-refractivity contribution in [2.45, 2.75) is 32.4 Å². The zero-order valence-electron chi connectivity index (χ0n) is 20.3. The van der Waals surface area contributed by atoms with E-state index in [4.69, 9.17) is 15.4 Å². The number of aliphatic hydroxyl groups is 1. The number of benzene rings is 1. The van der Waals surface area contributed by atoms with Gasteiger partial charge in [-0.15, -0.1) is 0 Å². The number of aliphatic carboxylic acids is 1. The van der Waals surface area contributed by atoms with Gasteiger partial charge >= 0.3 is 13.8 Å². The van der Waals surface area contributed by atoms with Crippen molar-refractivity contribution in [2.75, 3.05) is 32.1 Å². The monoisotopic (exact) mass is 565 g/mol. The number of aliphatic hydroxyl groups excluding tert-OH is 1. The third-order valence-corrected chi connectivity index (χ3v) is 6.58. The second-order valence-electron chi connectivity index (χ2n) is 8.42. The number of phosphoric acid groups is 1. The van der Waals surface area contributed by atoms with Crippen molar-refractivity contribution >= 4 is 42.5 Å². The minimum Gasteiger partial charge on any atom is -0.507 e. The van der Waals surface area contributed by atoms with Crippen molar-refractivity contribution in [1.82, 2.24) is 10.6 Å². The van der Waals surface area contributed by atoms with E-state index in [0.29, 0.717) is 0 Å². The van der Waals surface area contributed by atoms with Gasteiger partial charge in [-0.1, -0.05) is 37.7 Å². The molecule has 0 saturated carbocycles. The van der Waals surface area contributed by atoms with Crippen LogP contribution in [0.5, 0.6) is 5.75 Å². The molecule has 0 aromatic heterocycles. The molecule has 0 aliphatic heterocycles. The number of para-hydroxylation sites is 1. The van der Waals surface area contributed by atoms with Gasteiger partial charge in [-0.3, -0.25) is 28.2 Å². The predicted molar refractivity (Wildman–Crippen MR) is 133 cm³/mol. The topological polar surface area (TPSA) is 235 Å². The molecule has 8 N–H and O–H groups in total. The van der Waals surface area contributed by atoms with E-state index in [-0.39, 0.29) is 41.7 Å². The molecule has 0 aliphatic rings. The molecule has 1 aromatic carbocycles. The van der Waals surface area contributed by atoms with Gasteiger partial charge in [0.2, 0.25) is 16.9 Å². The Bertz CT molecular complexity index is 1010. The molecule has 0 spiro atoms. The van der Waals surface area contributed by atoms with Crippen LogP contribution in [0.4, 0.5) is 0 Å². The average molecular weight is 566 g/mol. The summed E-state index contributed by atoms with van der Waals surface area (Å²) in [5.41, 5.74) is 3.99. The van der Waals surface area contributed by atoms with Crippen molar-refractivity contribution in [3.63, 3.8) is 0 Å². The van der Waals surface area contributed by atoms with Gasteiger partial charge in [-0.25, -0.2) is 4.57 Å². The number of phosphoric ester groups is 1. The molecule has 1 unspecified atom stereocenters. The molecule has 1 aromatic rings. The average Bonchev–Trinajstić information content (AvgIpc) is 2.83. The molecule has 2 amide bonds. The number of hydrogen-bond acceptors (Lipinski definition) is 11. The second kappa shape index (κ2) is 15.0. The van der Waals surface area contributed by atoms with E-state index in [1.807, 2.05) is 0 Å². The van der Waals surface area contributed by atoms with Crippen molar-refractivity contribution in [3.8, 4) is 5.75 Å². The number of aromatic hydroxyl groups is 1. The van der Waals surface area contributed by atoms with Crippen LogP contribution in [0.1, 0.15) is 30.6 Å². The zero-order chi connectivity index (χ0) is 28.2. The Morgan fingerprint density at radius 2 is 1.78 bits per heavy atom. The highest BCUT2D eigenvalue weighted by Crippen LogP contribution is 2.45. The Balaban J connectivity index is 2.33. The number of hydrogen-bond donors (Lipinski definition) is 7. The van der Waals surface area contributed by atoms with E-state index in [9.17, 15) is 38.8 Å². The highest BCUT2D eigenvalue weighted by Gasteiger charge is 2.37. The fourth-order valence-electron chi connectivity index (χ4n) is 2.51. The summed E-state index contributed by atoms with van der Waals surface area (Å²) in [7, 11) is -4.70. The summed E-state index contributed by atoms with van der Waals surface area (Å²) in [5, 5.41) is 33.2. The molecular weight excluding hydrogens is 533 g/mol. The number of rotatable bonds is 16. The molecular formula is C21H32N3O11PS. The van der Waals surface area contributed by atoms with Gasteiger partial charge in [0.25, 0.3) is 0 Å². The Morgan fingerprint density at radius 3 is 2.41 bits per heavy atom. The molecule has 16 heteroatoms. The van der Waals surface area contributed by atoms with Crippen LogP contribution in [0.15, 0.2) is 24.3 Å². The third kappa shape index (κ3) is 12.0. The number of amides is 2. The number of phenols is 1. The molecule has 37 heavy (non-hydrogen) atoms. The first kappa shape index (κ1) is 32.5. The van der Waals surface area contributed by atoms with Crippen LogP contribution < -0.4 is 16.4 Å². The second-order valence-corrected chi connectivity index (χ2v) is 10.9. The molecule has 0 aliphatic carbocycles. The van der Waals surface area contributed by atoms with Gasteiger partial charge in [-0.2, -0.15) is 0 Å². The summed E-state index contributed by atoms with van der Waals surface area (Å²) in [6, 6.07) is 4.55. The largest absolute Gasteiger partial charge is 0.507 e. The highest BCUT2D eigenvalue weighted by atomic mass is 32.2. The highest BCUT2D eigenvalue weighted by molar-refractivity contribution is 8.14. The SMILES string of the molecule is CC(C)(COP(=O)(O)OC[C@H](N)C(=O)O)[C@@H](O)C(=O)NCCC(=O)NCCSC(=O)c1ccccc1O. The fraction of sp³-hybridized carbons (Fsp3) is 0.524. The summed E-state index contributed by atoms with van der Waals surface area (Å²) in [6.07, 6.45) is -1.80. The van der Waals surface area contributed by atoms with Crippen molar-refractivity contribution in [1.29, 1.82) is 0 Å². The summed E-state index contributed by atoms with van der Waals surface area (Å²) in [6.45, 7) is 1.42. The Kier molecular flexibility index (Phi) is 13.2. The smallest absolute Gasteiger partial charge is 0.472 e. The van der Waals surface area contributed by atoms with Crippen LogP contribution in [-0.4, -0.2) is 87.3 Å². The third-order valence-electron chi connectivity index (χ3n) is 4.76. The lowest BCUT2D eigenvalue weighted by molar-refractivity contribution is -0.140. The van der Waals surface area contributed by atoms with Gasteiger partial charge in [0.15, 0.2) is 0 Å². The number of nitrogens with two attached hydrogens (primary N) is 1. The summed E-state index contributed by atoms with van der Waals surface area (Å²) >= 11 is 0.926. The van der Waals surface area contributed by atoms with Crippen LogP contribution in [0.3, 0.4) is 0 Å². The summed E-state index contributed by atoms with van der Waals surface area (Å²) in [5.74, 6) is -2.58. The maximum absolute atomic E-state index is 12.2. The van der Waals surface area contributed by atoms with Crippen LogP contribution in [0.25, 0.3) is 0 Å².